The standard InChI is InChI=1S/C68H127NO8/c1-3-5-7-9-11-13-15-17-19-21-23-25-27-28-29-30-31-32-33-34-35-36-38-40-42-44-46-48-50-52-54-56-58-64(72)69-61(60-76-68-67(75)66(74)65(73)63(59-70)77-68)62(71)57-55-53-51-49-47-45-43-41-39-37-26-24-22-20-18-16-14-12-10-8-6-4-2/h28-29,39,41,47,49,55,57,61-63,65-68,70-71,73-75H,3-27,30-38,40,42-46,48,50-54,56,58-60H2,1-2H3,(H,69,72)/b29-28-,41-39+,49-47+,57-55+. The molecule has 1 aliphatic heterocycles. The van der Waals surface area contributed by atoms with Gasteiger partial charge in [-0.2, -0.15) is 0 Å². The number of carbonyl (C=O) groups excluding carboxylic acids is 1. The van der Waals surface area contributed by atoms with E-state index in [-0.39, 0.29) is 12.5 Å². The zero-order valence-electron chi connectivity index (χ0n) is 50.5. The normalized spacial score (nSPS) is 19.0. The fourth-order valence-electron chi connectivity index (χ4n) is 10.6. The first-order chi connectivity index (χ1) is 37.8. The van der Waals surface area contributed by atoms with Gasteiger partial charge < -0.3 is 40.3 Å². The van der Waals surface area contributed by atoms with E-state index in [1.54, 1.807) is 6.08 Å². The Morgan fingerprint density at radius 3 is 1.09 bits per heavy atom. The minimum atomic E-state index is -1.58. The number of unbranched alkanes of at least 4 members (excludes halogenated alkanes) is 42. The number of aliphatic hydroxyl groups excluding tert-OH is 5. The maximum Gasteiger partial charge on any atom is 0.220 e. The van der Waals surface area contributed by atoms with Crippen LogP contribution in [0.15, 0.2) is 48.6 Å². The molecule has 9 heteroatoms. The van der Waals surface area contributed by atoms with Crippen LogP contribution in [-0.2, 0) is 14.3 Å². The Bertz CT molecular complexity index is 1350. The minimum Gasteiger partial charge on any atom is -0.394 e. The summed E-state index contributed by atoms with van der Waals surface area (Å²) < 4.78 is 11.3. The number of rotatable bonds is 58. The fraction of sp³-hybridized carbons (Fsp3) is 0.868. The highest BCUT2D eigenvalue weighted by Crippen LogP contribution is 2.23. The van der Waals surface area contributed by atoms with Gasteiger partial charge in [0, 0.05) is 6.42 Å². The third-order valence-electron chi connectivity index (χ3n) is 15.9. The van der Waals surface area contributed by atoms with Crippen molar-refractivity contribution in [3.05, 3.63) is 48.6 Å². The van der Waals surface area contributed by atoms with E-state index in [1.807, 2.05) is 6.08 Å². The fourth-order valence-corrected chi connectivity index (χ4v) is 10.6. The van der Waals surface area contributed by atoms with Gasteiger partial charge in [-0.3, -0.25) is 4.79 Å². The molecule has 1 saturated heterocycles. The SMILES string of the molecule is CCCCCCCCCCCCCC/C=C\CCCCCCCCCCCCCCCCCCC(=O)NC(COC1OC(CO)C(O)C(O)C1O)C(O)/C=C/CC/C=C/CC/C=C/CCCCCCCCCCCCCC. The van der Waals surface area contributed by atoms with Crippen molar-refractivity contribution in [2.24, 2.45) is 0 Å². The molecule has 0 bridgehead atoms. The lowest BCUT2D eigenvalue weighted by Gasteiger charge is -2.40. The van der Waals surface area contributed by atoms with Gasteiger partial charge in [0.2, 0.25) is 5.91 Å². The first-order valence-corrected chi connectivity index (χ1v) is 33.4. The topological polar surface area (TPSA) is 149 Å². The molecule has 1 heterocycles. The molecule has 0 aromatic heterocycles. The van der Waals surface area contributed by atoms with Crippen LogP contribution in [0.5, 0.6) is 0 Å². The van der Waals surface area contributed by atoms with Crippen LogP contribution in [0.25, 0.3) is 0 Å². The molecule has 0 aliphatic carbocycles. The summed E-state index contributed by atoms with van der Waals surface area (Å²) >= 11 is 0. The molecule has 1 amide bonds. The third kappa shape index (κ3) is 46.5. The highest BCUT2D eigenvalue weighted by Gasteiger charge is 2.44. The van der Waals surface area contributed by atoms with Crippen molar-refractivity contribution in [3.63, 3.8) is 0 Å². The highest BCUT2D eigenvalue weighted by molar-refractivity contribution is 5.76. The molecule has 7 atom stereocenters. The largest absolute Gasteiger partial charge is 0.394 e. The second-order valence-electron chi connectivity index (χ2n) is 23.2. The van der Waals surface area contributed by atoms with E-state index in [0.29, 0.717) is 6.42 Å². The van der Waals surface area contributed by atoms with Gasteiger partial charge in [-0.05, 0) is 70.6 Å². The summed E-state index contributed by atoms with van der Waals surface area (Å²) in [4.78, 5) is 13.1. The van der Waals surface area contributed by atoms with E-state index < -0.39 is 49.5 Å². The second-order valence-corrected chi connectivity index (χ2v) is 23.2. The molecule has 0 aromatic rings. The number of carbonyl (C=O) groups is 1. The van der Waals surface area contributed by atoms with Gasteiger partial charge >= 0.3 is 0 Å². The van der Waals surface area contributed by atoms with Crippen LogP contribution in [0.1, 0.15) is 322 Å². The van der Waals surface area contributed by atoms with Crippen molar-refractivity contribution in [1.82, 2.24) is 5.32 Å². The van der Waals surface area contributed by atoms with Crippen LogP contribution in [0.4, 0.5) is 0 Å². The highest BCUT2D eigenvalue weighted by atomic mass is 16.7. The molecule has 1 rings (SSSR count). The average molecular weight is 1090 g/mol. The predicted octanol–water partition coefficient (Wildman–Crippen LogP) is 17.6. The van der Waals surface area contributed by atoms with Crippen LogP contribution >= 0.6 is 0 Å². The third-order valence-corrected chi connectivity index (χ3v) is 15.9. The monoisotopic (exact) mass is 1090 g/mol. The number of hydrogen-bond acceptors (Lipinski definition) is 8. The lowest BCUT2D eigenvalue weighted by Crippen LogP contribution is -2.60. The molecule has 6 N–H and O–H groups in total. The first kappa shape index (κ1) is 73.2. The molecule has 0 aromatic carbocycles. The summed E-state index contributed by atoms with van der Waals surface area (Å²) in [5.74, 6) is -0.186. The molecular weight excluding hydrogens is 959 g/mol. The molecule has 452 valence electrons. The first-order valence-electron chi connectivity index (χ1n) is 33.4. The Kier molecular flexibility index (Phi) is 54.5. The number of allylic oxidation sites excluding steroid dienone is 7. The molecule has 9 nitrogen and oxygen atoms in total. The van der Waals surface area contributed by atoms with Crippen LogP contribution in [-0.4, -0.2) is 87.5 Å². The van der Waals surface area contributed by atoms with Crippen LogP contribution in [0.3, 0.4) is 0 Å². The Morgan fingerprint density at radius 2 is 0.740 bits per heavy atom. The molecule has 7 unspecified atom stereocenters. The van der Waals surface area contributed by atoms with E-state index in [4.69, 9.17) is 9.47 Å². The Balaban J connectivity index is 2.16. The second kappa shape index (κ2) is 57.4. The molecule has 1 fully saturated rings. The molecule has 1 aliphatic rings. The number of ether oxygens (including phenoxy) is 2. The number of hydrogen-bond donors (Lipinski definition) is 6. The molecular formula is C68H127NO8. The lowest BCUT2D eigenvalue weighted by molar-refractivity contribution is -0.302. The minimum absolute atomic E-state index is 0.186. The van der Waals surface area contributed by atoms with Gasteiger partial charge in [-0.25, -0.2) is 0 Å². The van der Waals surface area contributed by atoms with Crippen molar-refractivity contribution < 1.29 is 39.8 Å². The average Bonchev–Trinajstić information content (AvgIpc) is 3.43. The van der Waals surface area contributed by atoms with Gasteiger partial charge in [0.1, 0.15) is 24.4 Å². The lowest BCUT2D eigenvalue weighted by atomic mass is 9.99. The van der Waals surface area contributed by atoms with Crippen molar-refractivity contribution in [3.8, 4) is 0 Å². The number of amides is 1. The van der Waals surface area contributed by atoms with Crippen molar-refractivity contribution >= 4 is 5.91 Å². The van der Waals surface area contributed by atoms with Gasteiger partial charge in [0.15, 0.2) is 6.29 Å². The Hall–Kier alpha value is -1.85. The maximum absolute atomic E-state index is 13.1. The van der Waals surface area contributed by atoms with Crippen LogP contribution in [0, 0.1) is 0 Å². The zero-order chi connectivity index (χ0) is 55.8. The van der Waals surface area contributed by atoms with E-state index in [9.17, 15) is 30.3 Å². The van der Waals surface area contributed by atoms with Crippen molar-refractivity contribution in [1.29, 1.82) is 0 Å². The summed E-state index contributed by atoms with van der Waals surface area (Å²) in [6.45, 7) is 3.80. The summed E-state index contributed by atoms with van der Waals surface area (Å²) in [5.41, 5.74) is 0. The molecule has 0 saturated carbocycles. The van der Waals surface area contributed by atoms with Crippen molar-refractivity contribution in [2.75, 3.05) is 13.2 Å². The predicted molar refractivity (Wildman–Crippen MR) is 327 cm³/mol. The van der Waals surface area contributed by atoms with Gasteiger partial charge in [-0.1, -0.05) is 294 Å². The number of nitrogens with one attached hydrogen (secondary N) is 1. The van der Waals surface area contributed by atoms with Gasteiger partial charge in [0.05, 0.1) is 25.4 Å². The van der Waals surface area contributed by atoms with E-state index in [0.717, 1.165) is 44.9 Å². The summed E-state index contributed by atoms with van der Waals surface area (Å²) in [6.07, 6.45) is 70.7. The summed E-state index contributed by atoms with van der Waals surface area (Å²) in [6, 6.07) is -0.829. The van der Waals surface area contributed by atoms with Crippen molar-refractivity contribution in [2.45, 2.75) is 365 Å². The molecule has 0 radical (unpaired) electrons. The maximum atomic E-state index is 13.1. The Labute approximate surface area is 475 Å². The quantitative estimate of drug-likeness (QED) is 0.0261. The van der Waals surface area contributed by atoms with Crippen LogP contribution in [0.2, 0.25) is 0 Å². The smallest absolute Gasteiger partial charge is 0.220 e. The molecule has 77 heavy (non-hydrogen) atoms. The van der Waals surface area contributed by atoms with E-state index in [2.05, 4.69) is 55.6 Å². The summed E-state index contributed by atoms with van der Waals surface area (Å²) in [7, 11) is 0. The van der Waals surface area contributed by atoms with E-state index in [1.165, 1.54) is 257 Å². The summed E-state index contributed by atoms with van der Waals surface area (Å²) in [5, 5.41) is 54.6. The Morgan fingerprint density at radius 1 is 0.429 bits per heavy atom. The molecule has 0 spiro atoms. The van der Waals surface area contributed by atoms with Gasteiger partial charge in [-0.15, -0.1) is 0 Å². The number of aliphatic hydroxyl groups is 5. The zero-order valence-corrected chi connectivity index (χ0v) is 50.5. The van der Waals surface area contributed by atoms with Gasteiger partial charge in [0.25, 0.3) is 0 Å². The van der Waals surface area contributed by atoms with E-state index >= 15 is 0 Å². The van der Waals surface area contributed by atoms with Crippen LogP contribution < -0.4 is 5.32 Å².